The summed E-state index contributed by atoms with van der Waals surface area (Å²) in [6.07, 6.45) is 2.15. The topological polar surface area (TPSA) is 60.9 Å². The summed E-state index contributed by atoms with van der Waals surface area (Å²) in [5.74, 6) is 0.582. The van der Waals surface area contributed by atoms with Gasteiger partial charge in [0, 0.05) is 18.3 Å². The van der Waals surface area contributed by atoms with E-state index in [1.54, 1.807) is 0 Å². The Labute approximate surface area is 112 Å². The number of likely N-dealkylation sites (tertiary alicyclic amines) is 1. The number of hydrogen-bond donors (Lipinski definition) is 1. The Balaban J connectivity index is 2.08. The van der Waals surface area contributed by atoms with Gasteiger partial charge in [-0.2, -0.15) is 0 Å². The van der Waals surface area contributed by atoms with E-state index in [1.165, 1.54) is 16.7 Å². The first-order valence-corrected chi connectivity index (χ1v) is 7.55. The number of carbonyl (C=O) groups is 2. The van der Waals surface area contributed by atoms with Gasteiger partial charge in [-0.1, -0.05) is 6.92 Å². The van der Waals surface area contributed by atoms with Gasteiger partial charge in [0.05, 0.1) is 5.88 Å². The van der Waals surface area contributed by atoms with Crippen LogP contribution in [0, 0.1) is 5.92 Å². The second-order valence-corrected chi connectivity index (χ2v) is 6.16. The molecule has 5 nitrogen and oxygen atoms in total. The van der Waals surface area contributed by atoms with Crippen molar-refractivity contribution in [1.29, 1.82) is 0 Å². The van der Waals surface area contributed by atoms with Crippen molar-refractivity contribution in [3.63, 3.8) is 0 Å². The molecule has 2 rings (SSSR count). The second kappa shape index (κ2) is 5.38. The monoisotopic (exact) mass is 272 g/mol. The van der Waals surface area contributed by atoms with Crippen LogP contribution in [-0.4, -0.2) is 57.2 Å². The predicted octanol–water partition coefficient (Wildman–Crippen LogP) is 1.69. The third kappa shape index (κ3) is 2.43. The van der Waals surface area contributed by atoms with Crippen LogP contribution in [0.2, 0.25) is 0 Å². The molecule has 102 valence electrons. The molecule has 2 aliphatic heterocycles. The number of nitrogens with zero attached hydrogens (tertiary/aromatic N) is 2. The van der Waals surface area contributed by atoms with Crippen molar-refractivity contribution in [2.75, 3.05) is 18.2 Å². The van der Waals surface area contributed by atoms with Gasteiger partial charge in [0.25, 0.3) is 0 Å². The molecule has 3 atom stereocenters. The Hall–Kier alpha value is -0.910. The lowest BCUT2D eigenvalue weighted by atomic mass is 9.92. The Morgan fingerprint density at radius 3 is 2.67 bits per heavy atom. The van der Waals surface area contributed by atoms with Gasteiger partial charge in [-0.05, 0) is 25.7 Å². The lowest BCUT2D eigenvalue weighted by Gasteiger charge is -2.40. The number of carboxylic acid groups (broad SMARTS) is 1. The highest BCUT2D eigenvalue weighted by Crippen LogP contribution is 2.28. The molecule has 2 unspecified atom stereocenters. The quantitative estimate of drug-likeness (QED) is 0.789. The summed E-state index contributed by atoms with van der Waals surface area (Å²) in [5.41, 5.74) is 0. The summed E-state index contributed by atoms with van der Waals surface area (Å²) < 4.78 is 0. The standard InChI is InChI=1S/C12H20N2O3S/c1-8-4-3-5-13(9(8)2)12(17)14-7-18-6-10(14)11(15)16/h8-10H,3-7H2,1-2H3,(H,15,16)/t8?,9?,10-/m0/s1. The fourth-order valence-electron chi connectivity index (χ4n) is 2.61. The summed E-state index contributed by atoms with van der Waals surface area (Å²) in [4.78, 5) is 26.9. The summed E-state index contributed by atoms with van der Waals surface area (Å²) in [6.45, 7) is 4.95. The van der Waals surface area contributed by atoms with E-state index in [9.17, 15) is 9.59 Å². The van der Waals surface area contributed by atoms with Gasteiger partial charge in [0.1, 0.15) is 6.04 Å². The van der Waals surface area contributed by atoms with Crippen molar-refractivity contribution in [3.05, 3.63) is 0 Å². The first kappa shape index (κ1) is 13.5. The highest BCUT2D eigenvalue weighted by Gasteiger charge is 2.39. The van der Waals surface area contributed by atoms with Gasteiger partial charge in [-0.3, -0.25) is 0 Å². The minimum Gasteiger partial charge on any atom is -0.480 e. The molecule has 2 amide bonds. The van der Waals surface area contributed by atoms with Crippen LogP contribution in [0.25, 0.3) is 0 Å². The Kier molecular flexibility index (Phi) is 4.04. The molecule has 2 heterocycles. The van der Waals surface area contributed by atoms with E-state index in [4.69, 9.17) is 5.11 Å². The SMILES string of the molecule is CC1CCCN(C(=O)N2CSC[C@H]2C(=O)O)C1C. The van der Waals surface area contributed by atoms with Crippen LogP contribution in [0.3, 0.4) is 0 Å². The van der Waals surface area contributed by atoms with Crippen LogP contribution in [-0.2, 0) is 4.79 Å². The molecule has 2 aliphatic rings. The number of rotatable bonds is 1. The Morgan fingerprint density at radius 2 is 2.00 bits per heavy atom. The predicted molar refractivity (Wildman–Crippen MR) is 70.5 cm³/mol. The lowest BCUT2D eigenvalue weighted by molar-refractivity contribution is -0.141. The fraction of sp³-hybridized carbons (Fsp3) is 0.833. The average Bonchev–Trinajstić information content (AvgIpc) is 2.81. The van der Waals surface area contributed by atoms with E-state index in [-0.39, 0.29) is 12.1 Å². The summed E-state index contributed by atoms with van der Waals surface area (Å²) in [7, 11) is 0. The fourth-order valence-corrected chi connectivity index (χ4v) is 3.74. The highest BCUT2D eigenvalue weighted by atomic mass is 32.2. The molecule has 1 N–H and O–H groups in total. The zero-order valence-electron chi connectivity index (χ0n) is 10.8. The van der Waals surface area contributed by atoms with Crippen molar-refractivity contribution in [1.82, 2.24) is 9.80 Å². The second-order valence-electron chi connectivity index (χ2n) is 5.16. The summed E-state index contributed by atoms with van der Waals surface area (Å²) in [6, 6.07) is -0.565. The molecule has 18 heavy (non-hydrogen) atoms. The maximum Gasteiger partial charge on any atom is 0.327 e. The molecule has 6 heteroatoms. The van der Waals surface area contributed by atoms with Gasteiger partial charge >= 0.3 is 12.0 Å². The van der Waals surface area contributed by atoms with Crippen LogP contribution in [0.1, 0.15) is 26.7 Å². The van der Waals surface area contributed by atoms with Gasteiger partial charge in [-0.25, -0.2) is 9.59 Å². The average molecular weight is 272 g/mol. The van der Waals surface area contributed by atoms with Gasteiger partial charge < -0.3 is 14.9 Å². The molecular weight excluding hydrogens is 252 g/mol. The van der Waals surface area contributed by atoms with Crippen molar-refractivity contribution in [2.24, 2.45) is 5.92 Å². The number of hydrogen-bond acceptors (Lipinski definition) is 3. The van der Waals surface area contributed by atoms with Crippen LogP contribution >= 0.6 is 11.8 Å². The number of carbonyl (C=O) groups excluding carboxylic acids is 1. The number of piperidine rings is 1. The van der Waals surface area contributed by atoms with E-state index in [0.717, 1.165) is 19.4 Å². The van der Waals surface area contributed by atoms with Gasteiger partial charge in [0.2, 0.25) is 0 Å². The number of amides is 2. The highest BCUT2D eigenvalue weighted by molar-refractivity contribution is 7.99. The minimum atomic E-state index is -0.897. The van der Waals surface area contributed by atoms with E-state index in [2.05, 4.69) is 13.8 Å². The number of urea groups is 1. The smallest absolute Gasteiger partial charge is 0.327 e. The molecule has 0 saturated carbocycles. The van der Waals surface area contributed by atoms with Crippen LogP contribution in [0.4, 0.5) is 4.79 Å². The zero-order chi connectivity index (χ0) is 13.3. The molecule has 0 radical (unpaired) electrons. The lowest BCUT2D eigenvalue weighted by Crippen LogP contribution is -2.54. The molecule has 0 spiro atoms. The maximum absolute atomic E-state index is 12.4. The maximum atomic E-state index is 12.4. The number of carboxylic acids is 1. The van der Waals surface area contributed by atoms with Gasteiger partial charge in [0.15, 0.2) is 0 Å². The van der Waals surface area contributed by atoms with Crippen molar-refractivity contribution < 1.29 is 14.7 Å². The van der Waals surface area contributed by atoms with Crippen molar-refractivity contribution in [3.8, 4) is 0 Å². The van der Waals surface area contributed by atoms with E-state index >= 15 is 0 Å². The molecule has 0 aromatic heterocycles. The molecular formula is C12H20N2O3S. The molecule has 0 aliphatic carbocycles. The van der Waals surface area contributed by atoms with Crippen LogP contribution in [0.15, 0.2) is 0 Å². The Bertz CT molecular complexity index is 350. The van der Waals surface area contributed by atoms with E-state index < -0.39 is 12.0 Å². The van der Waals surface area contributed by atoms with Crippen LogP contribution in [0.5, 0.6) is 0 Å². The Morgan fingerprint density at radius 1 is 1.28 bits per heavy atom. The summed E-state index contributed by atoms with van der Waals surface area (Å²) in [5, 5.41) is 9.12. The molecule has 0 aromatic rings. The third-order valence-corrected chi connectivity index (χ3v) is 5.04. The van der Waals surface area contributed by atoms with Gasteiger partial charge in [-0.15, -0.1) is 11.8 Å². The summed E-state index contributed by atoms with van der Waals surface area (Å²) >= 11 is 1.51. The first-order valence-electron chi connectivity index (χ1n) is 6.40. The zero-order valence-corrected chi connectivity index (χ0v) is 11.7. The van der Waals surface area contributed by atoms with Crippen molar-refractivity contribution in [2.45, 2.75) is 38.8 Å². The normalized spacial score (nSPS) is 32.7. The molecule has 0 bridgehead atoms. The van der Waals surface area contributed by atoms with Crippen LogP contribution < -0.4 is 0 Å². The number of thioether (sulfide) groups is 1. The number of aliphatic carboxylic acids is 1. The first-order chi connectivity index (χ1) is 8.52. The molecule has 2 saturated heterocycles. The van der Waals surface area contributed by atoms with Crippen molar-refractivity contribution >= 4 is 23.8 Å². The minimum absolute atomic E-state index is 0.105. The van der Waals surface area contributed by atoms with E-state index in [1.807, 2.05) is 4.90 Å². The molecule has 0 aromatic carbocycles. The largest absolute Gasteiger partial charge is 0.480 e. The third-order valence-electron chi connectivity index (χ3n) is 4.03. The van der Waals surface area contributed by atoms with E-state index in [0.29, 0.717) is 17.5 Å². The molecule has 2 fully saturated rings.